The number of hydrogen-bond acceptors (Lipinski definition) is 2. The summed E-state index contributed by atoms with van der Waals surface area (Å²) in [5.41, 5.74) is 1.89. The van der Waals surface area contributed by atoms with Crippen LogP contribution in [0.5, 0.6) is 0 Å². The van der Waals surface area contributed by atoms with Crippen LogP contribution in [0.1, 0.15) is 46.1 Å². The normalized spacial score (nSPS) is 22.9. The third kappa shape index (κ3) is 4.19. The van der Waals surface area contributed by atoms with Crippen molar-refractivity contribution in [1.82, 2.24) is 5.32 Å². The molecule has 0 aromatic heterocycles. The van der Waals surface area contributed by atoms with Crippen LogP contribution >= 0.6 is 0 Å². The molecule has 0 spiro atoms. The average molecular weight is 292 g/mol. The van der Waals surface area contributed by atoms with Gasteiger partial charge in [0.1, 0.15) is 5.82 Å². The van der Waals surface area contributed by atoms with E-state index >= 15 is 0 Å². The fraction of sp³-hybridized carbons (Fsp3) is 0.667. The number of halogens is 1. The molecule has 0 saturated carbocycles. The van der Waals surface area contributed by atoms with Gasteiger partial charge in [-0.3, -0.25) is 0 Å². The maximum Gasteiger partial charge on any atom is 0.146 e. The topological polar surface area (TPSA) is 15.3 Å². The van der Waals surface area contributed by atoms with Crippen LogP contribution < -0.4 is 10.2 Å². The second-order valence-corrected chi connectivity index (χ2v) is 6.96. The summed E-state index contributed by atoms with van der Waals surface area (Å²) < 4.78 is 14.5. The first-order valence-electron chi connectivity index (χ1n) is 8.23. The molecule has 2 rings (SSSR count). The molecule has 118 valence electrons. The molecule has 0 bridgehead atoms. The van der Waals surface area contributed by atoms with Crippen LogP contribution in [-0.4, -0.2) is 19.1 Å². The number of benzene rings is 1. The maximum absolute atomic E-state index is 14.5. The molecule has 0 amide bonds. The van der Waals surface area contributed by atoms with E-state index in [4.69, 9.17) is 0 Å². The summed E-state index contributed by atoms with van der Waals surface area (Å²) in [4.78, 5) is 2.27. The molecule has 0 aliphatic carbocycles. The Morgan fingerprint density at radius 1 is 1.29 bits per heavy atom. The Hall–Kier alpha value is -1.09. The van der Waals surface area contributed by atoms with Crippen molar-refractivity contribution < 1.29 is 4.39 Å². The van der Waals surface area contributed by atoms with E-state index < -0.39 is 0 Å². The number of hydrogen-bond donors (Lipinski definition) is 1. The van der Waals surface area contributed by atoms with Crippen molar-refractivity contribution in [2.45, 2.75) is 53.1 Å². The molecular formula is C18H29FN2. The van der Waals surface area contributed by atoms with E-state index in [1.165, 1.54) is 6.42 Å². The number of piperidine rings is 1. The summed E-state index contributed by atoms with van der Waals surface area (Å²) in [6.07, 6.45) is 2.39. The third-order valence-corrected chi connectivity index (χ3v) is 4.34. The van der Waals surface area contributed by atoms with Gasteiger partial charge in [-0.1, -0.05) is 32.9 Å². The Morgan fingerprint density at radius 2 is 2.05 bits per heavy atom. The van der Waals surface area contributed by atoms with Crippen LogP contribution in [0.15, 0.2) is 18.2 Å². The van der Waals surface area contributed by atoms with Crippen LogP contribution in [0.25, 0.3) is 0 Å². The van der Waals surface area contributed by atoms with Gasteiger partial charge in [0, 0.05) is 19.1 Å². The first kappa shape index (κ1) is 16.3. The summed E-state index contributed by atoms with van der Waals surface area (Å²) in [7, 11) is 0. The second kappa shape index (κ2) is 7.26. The smallest absolute Gasteiger partial charge is 0.146 e. The quantitative estimate of drug-likeness (QED) is 0.875. The summed E-state index contributed by atoms with van der Waals surface area (Å²) >= 11 is 0. The van der Waals surface area contributed by atoms with Crippen LogP contribution in [0.4, 0.5) is 10.1 Å². The third-order valence-electron chi connectivity index (χ3n) is 4.34. The summed E-state index contributed by atoms with van der Waals surface area (Å²) in [5, 5.41) is 3.44. The molecule has 0 radical (unpaired) electrons. The molecule has 2 atom stereocenters. The number of nitrogens with zero attached hydrogens (tertiary/aromatic N) is 1. The number of anilines is 1. The van der Waals surface area contributed by atoms with Gasteiger partial charge in [0.05, 0.1) is 5.69 Å². The Morgan fingerprint density at radius 3 is 2.76 bits per heavy atom. The van der Waals surface area contributed by atoms with Crippen molar-refractivity contribution in [3.8, 4) is 0 Å². The van der Waals surface area contributed by atoms with Gasteiger partial charge in [-0.05, 0) is 49.8 Å². The number of rotatable bonds is 5. The molecule has 21 heavy (non-hydrogen) atoms. The van der Waals surface area contributed by atoms with Gasteiger partial charge in [-0.2, -0.15) is 0 Å². The van der Waals surface area contributed by atoms with Crippen LogP contribution in [0, 0.1) is 17.7 Å². The van der Waals surface area contributed by atoms with Crippen molar-refractivity contribution in [2.75, 3.05) is 18.0 Å². The standard InChI is InChI=1S/C18H29FN2/c1-13(2)10-20-11-16-6-5-7-17(19)18(16)21-12-14(3)8-9-15(21)4/h5-7,13-15,20H,8-12H2,1-4H3. The zero-order chi connectivity index (χ0) is 15.4. The molecule has 1 saturated heterocycles. The van der Waals surface area contributed by atoms with E-state index in [1.54, 1.807) is 6.07 Å². The monoisotopic (exact) mass is 292 g/mol. The number of para-hydroxylation sites is 1. The van der Waals surface area contributed by atoms with Gasteiger partial charge in [0.25, 0.3) is 0 Å². The van der Waals surface area contributed by atoms with Gasteiger partial charge >= 0.3 is 0 Å². The highest BCUT2D eigenvalue weighted by Gasteiger charge is 2.26. The molecule has 1 aliphatic rings. The van der Waals surface area contributed by atoms with Crippen LogP contribution in [0.3, 0.4) is 0 Å². The van der Waals surface area contributed by atoms with E-state index in [1.807, 2.05) is 6.07 Å². The van der Waals surface area contributed by atoms with Crippen molar-refractivity contribution in [3.05, 3.63) is 29.6 Å². The van der Waals surface area contributed by atoms with Crippen molar-refractivity contribution in [1.29, 1.82) is 0 Å². The van der Waals surface area contributed by atoms with Gasteiger partial charge in [-0.15, -0.1) is 0 Å². The lowest BCUT2D eigenvalue weighted by Crippen LogP contribution is -2.42. The first-order chi connectivity index (χ1) is 9.99. The van der Waals surface area contributed by atoms with E-state index in [0.29, 0.717) is 17.9 Å². The average Bonchev–Trinajstić information content (AvgIpc) is 2.42. The predicted octanol–water partition coefficient (Wildman–Crippen LogP) is 4.20. The zero-order valence-electron chi connectivity index (χ0n) is 13.8. The molecular weight excluding hydrogens is 263 g/mol. The second-order valence-electron chi connectivity index (χ2n) is 6.96. The van der Waals surface area contributed by atoms with Gasteiger partial charge < -0.3 is 10.2 Å². The van der Waals surface area contributed by atoms with Gasteiger partial charge in [0.2, 0.25) is 0 Å². The molecule has 1 aromatic rings. The molecule has 1 heterocycles. The molecule has 1 N–H and O–H groups in total. The predicted molar refractivity (Wildman–Crippen MR) is 88.2 cm³/mol. The van der Waals surface area contributed by atoms with E-state index in [0.717, 1.165) is 37.3 Å². The Labute approximate surface area is 128 Å². The number of nitrogens with one attached hydrogen (secondary N) is 1. The highest BCUT2D eigenvalue weighted by Crippen LogP contribution is 2.32. The minimum atomic E-state index is -0.0835. The van der Waals surface area contributed by atoms with Gasteiger partial charge in [0.15, 0.2) is 0 Å². The highest BCUT2D eigenvalue weighted by molar-refractivity contribution is 5.56. The summed E-state index contributed by atoms with van der Waals surface area (Å²) in [5.74, 6) is 1.16. The SMILES string of the molecule is CC(C)CNCc1cccc(F)c1N1CC(C)CCC1C. The van der Waals surface area contributed by atoms with Crippen molar-refractivity contribution in [3.63, 3.8) is 0 Å². The van der Waals surface area contributed by atoms with Crippen molar-refractivity contribution in [2.24, 2.45) is 11.8 Å². The largest absolute Gasteiger partial charge is 0.366 e. The zero-order valence-corrected chi connectivity index (χ0v) is 13.8. The van der Waals surface area contributed by atoms with E-state index in [2.05, 4.69) is 44.0 Å². The lowest BCUT2D eigenvalue weighted by Gasteiger charge is -2.39. The summed E-state index contributed by atoms with van der Waals surface area (Å²) in [6.45, 7) is 11.5. The Kier molecular flexibility index (Phi) is 5.63. The minimum Gasteiger partial charge on any atom is -0.366 e. The highest BCUT2D eigenvalue weighted by atomic mass is 19.1. The fourth-order valence-electron chi connectivity index (χ4n) is 3.12. The Balaban J connectivity index is 2.20. The molecule has 3 heteroatoms. The molecule has 2 nitrogen and oxygen atoms in total. The molecule has 1 aromatic carbocycles. The van der Waals surface area contributed by atoms with Crippen LogP contribution in [-0.2, 0) is 6.54 Å². The van der Waals surface area contributed by atoms with E-state index in [-0.39, 0.29) is 5.82 Å². The summed E-state index contributed by atoms with van der Waals surface area (Å²) in [6, 6.07) is 5.89. The molecule has 2 unspecified atom stereocenters. The van der Waals surface area contributed by atoms with Gasteiger partial charge in [-0.25, -0.2) is 4.39 Å². The first-order valence-corrected chi connectivity index (χ1v) is 8.23. The van der Waals surface area contributed by atoms with Crippen LogP contribution in [0.2, 0.25) is 0 Å². The lowest BCUT2D eigenvalue weighted by molar-refractivity contribution is 0.385. The maximum atomic E-state index is 14.5. The molecule has 1 fully saturated rings. The van der Waals surface area contributed by atoms with Crippen molar-refractivity contribution >= 4 is 5.69 Å². The Bertz CT molecular complexity index is 459. The lowest BCUT2D eigenvalue weighted by atomic mass is 9.93. The fourth-order valence-corrected chi connectivity index (χ4v) is 3.12. The van der Waals surface area contributed by atoms with E-state index in [9.17, 15) is 4.39 Å². The molecule has 1 aliphatic heterocycles. The minimum absolute atomic E-state index is 0.0835.